The third-order valence-electron chi connectivity index (χ3n) is 3.50. The first-order chi connectivity index (χ1) is 10.2. The van der Waals surface area contributed by atoms with Crippen molar-refractivity contribution >= 4 is 11.6 Å². The molecule has 1 unspecified atom stereocenters. The van der Waals surface area contributed by atoms with Gasteiger partial charge in [0.15, 0.2) is 0 Å². The van der Waals surface area contributed by atoms with E-state index >= 15 is 0 Å². The Balaban J connectivity index is 1.85. The third-order valence-corrected chi connectivity index (χ3v) is 3.73. The molecule has 1 aliphatic rings. The molecule has 1 heterocycles. The van der Waals surface area contributed by atoms with Crippen LogP contribution in [0.3, 0.4) is 0 Å². The van der Waals surface area contributed by atoms with Crippen molar-refractivity contribution < 1.29 is 9.84 Å². The molecule has 0 saturated carbocycles. The molecular weight excluding hydrogens is 288 g/mol. The molecule has 0 amide bonds. The average molecular weight is 311 g/mol. The monoisotopic (exact) mass is 310 g/mol. The zero-order chi connectivity index (χ0) is 15.1. The molecule has 0 aromatic heterocycles. The molecule has 1 atom stereocenters. The van der Waals surface area contributed by atoms with Crippen molar-refractivity contribution in [3.63, 3.8) is 0 Å². The second-order valence-electron chi connectivity index (χ2n) is 5.26. The van der Waals surface area contributed by atoms with E-state index in [1.54, 1.807) is 6.07 Å². The summed E-state index contributed by atoms with van der Waals surface area (Å²) in [6.07, 6.45) is 2.02. The van der Waals surface area contributed by atoms with Gasteiger partial charge in [0, 0.05) is 37.7 Å². The van der Waals surface area contributed by atoms with Gasteiger partial charge in [0.2, 0.25) is 0 Å². The summed E-state index contributed by atoms with van der Waals surface area (Å²) >= 11 is 5.99. The van der Waals surface area contributed by atoms with Crippen molar-refractivity contribution in [1.29, 1.82) is 0 Å². The summed E-state index contributed by atoms with van der Waals surface area (Å²) in [5.41, 5.74) is 0.992. The molecule has 1 fully saturated rings. The Morgan fingerprint density at radius 1 is 1.43 bits per heavy atom. The van der Waals surface area contributed by atoms with Gasteiger partial charge in [-0.2, -0.15) is 0 Å². The van der Waals surface area contributed by atoms with Gasteiger partial charge in [-0.05, 0) is 30.2 Å². The highest BCUT2D eigenvalue weighted by molar-refractivity contribution is 6.30. The first-order valence-electron chi connectivity index (χ1n) is 7.32. The summed E-state index contributed by atoms with van der Waals surface area (Å²) in [6, 6.07) is 5.52. The Bertz CT molecular complexity index is 462. The maximum absolute atomic E-state index is 10.1. The van der Waals surface area contributed by atoms with Gasteiger partial charge in [-0.15, -0.1) is 6.58 Å². The van der Waals surface area contributed by atoms with E-state index in [-0.39, 0.29) is 6.61 Å². The molecule has 0 aliphatic carbocycles. The minimum atomic E-state index is -0.490. The van der Waals surface area contributed by atoms with E-state index in [1.165, 1.54) is 0 Å². The Kier molecular flexibility index (Phi) is 6.51. The second kappa shape index (κ2) is 8.39. The second-order valence-corrected chi connectivity index (χ2v) is 5.70. The van der Waals surface area contributed by atoms with Crippen LogP contribution in [0.4, 0.5) is 0 Å². The Hall–Kier alpha value is -1.07. The molecule has 2 rings (SSSR count). The number of allylic oxidation sites excluding steroid dienone is 1. The van der Waals surface area contributed by atoms with Gasteiger partial charge >= 0.3 is 0 Å². The highest BCUT2D eigenvalue weighted by atomic mass is 35.5. The molecule has 0 radical (unpaired) electrons. The van der Waals surface area contributed by atoms with Crippen LogP contribution in [0.1, 0.15) is 5.56 Å². The van der Waals surface area contributed by atoms with Gasteiger partial charge in [-0.25, -0.2) is 0 Å². The SMILES string of the molecule is C=CCc1cc(Cl)ccc1OCC(O)CN1CCNCC1. The summed E-state index contributed by atoms with van der Waals surface area (Å²) in [5.74, 6) is 0.763. The number of rotatable bonds is 7. The predicted octanol–water partition coefficient (Wildman–Crippen LogP) is 1.71. The lowest BCUT2D eigenvalue weighted by Crippen LogP contribution is -2.47. The fraction of sp³-hybridized carbons (Fsp3) is 0.500. The fourth-order valence-electron chi connectivity index (χ4n) is 2.43. The van der Waals surface area contributed by atoms with Gasteiger partial charge < -0.3 is 15.2 Å². The van der Waals surface area contributed by atoms with Crippen LogP contribution in [0, 0.1) is 0 Å². The number of piperazine rings is 1. The number of nitrogens with zero attached hydrogens (tertiary/aromatic N) is 1. The smallest absolute Gasteiger partial charge is 0.123 e. The Morgan fingerprint density at radius 3 is 2.90 bits per heavy atom. The van der Waals surface area contributed by atoms with Gasteiger partial charge in [0.1, 0.15) is 18.5 Å². The Morgan fingerprint density at radius 2 is 2.19 bits per heavy atom. The summed E-state index contributed by atoms with van der Waals surface area (Å²) in [4.78, 5) is 2.25. The number of aliphatic hydroxyl groups excluding tert-OH is 1. The van der Waals surface area contributed by atoms with E-state index in [0.29, 0.717) is 18.0 Å². The molecule has 1 aromatic carbocycles. The molecule has 0 spiro atoms. The minimum absolute atomic E-state index is 0.287. The number of aliphatic hydroxyl groups is 1. The number of ether oxygens (including phenoxy) is 1. The normalized spacial score (nSPS) is 17.4. The fourth-order valence-corrected chi connectivity index (χ4v) is 2.63. The molecule has 1 saturated heterocycles. The van der Waals surface area contributed by atoms with Crippen molar-refractivity contribution in [2.75, 3.05) is 39.3 Å². The van der Waals surface area contributed by atoms with Gasteiger partial charge in [0.05, 0.1) is 0 Å². The number of hydrogen-bond acceptors (Lipinski definition) is 4. The molecule has 0 bridgehead atoms. The van der Waals surface area contributed by atoms with Crippen molar-refractivity contribution in [3.8, 4) is 5.75 Å². The molecule has 2 N–H and O–H groups in total. The largest absolute Gasteiger partial charge is 0.491 e. The lowest BCUT2D eigenvalue weighted by molar-refractivity contribution is 0.0638. The first-order valence-corrected chi connectivity index (χ1v) is 7.70. The van der Waals surface area contributed by atoms with E-state index in [0.717, 1.165) is 37.5 Å². The number of hydrogen-bond donors (Lipinski definition) is 2. The van der Waals surface area contributed by atoms with Crippen LogP contribution in [0.2, 0.25) is 5.02 Å². The highest BCUT2D eigenvalue weighted by Gasteiger charge is 2.15. The molecule has 1 aromatic rings. The quantitative estimate of drug-likeness (QED) is 0.753. The summed E-state index contributed by atoms with van der Waals surface area (Å²) in [5, 5.41) is 14.1. The lowest BCUT2D eigenvalue weighted by Gasteiger charge is -2.29. The van der Waals surface area contributed by atoms with Crippen LogP contribution >= 0.6 is 11.6 Å². The molecule has 5 heteroatoms. The zero-order valence-corrected chi connectivity index (χ0v) is 13.0. The zero-order valence-electron chi connectivity index (χ0n) is 12.2. The number of halogens is 1. The minimum Gasteiger partial charge on any atom is -0.491 e. The van der Waals surface area contributed by atoms with E-state index in [2.05, 4.69) is 16.8 Å². The highest BCUT2D eigenvalue weighted by Crippen LogP contribution is 2.23. The van der Waals surface area contributed by atoms with Crippen LogP contribution < -0.4 is 10.1 Å². The number of nitrogens with one attached hydrogen (secondary N) is 1. The molecular formula is C16H23ClN2O2. The molecule has 1 aliphatic heterocycles. The number of β-amino-alcohol motifs (C(OH)–C–C–N with tert-alkyl or cyclic N) is 1. The van der Waals surface area contributed by atoms with Crippen molar-refractivity contribution in [2.24, 2.45) is 0 Å². The van der Waals surface area contributed by atoms with Crippen LogP contribution in [0.15, 0.2) is 30.9 Å². The third kappa shape index (κ3) is 5.32. The van der Waals surface area contributed by atoms with Crippen molar-refractivity contribution in [1.82, 2.24) is 10.2 Å². The van der Waals surface area contributed by atoms with Crippen LogP contribution in [-0.4, -0.2) is 55.4 Å². The predicted molar refractivity (Wildman–Crippen MR) is 86.2 cm³/mol. The van der Waals surface area contributed by atoms with E-state index < -0.39 is 6.10 Å². The Labute approximate surface area is 131 Å². The van der Waals surface area contributed by atoms with Gasteiger partial charge in [0.25, 0.3) is 0 Å². The van der Waals surface area contributed by atoms with E-state index in [9.17, 15) is 5.11 Å². The van der Waals surface area contributed by atoms with E-state index in [1.807, 2.05) is 18.2 Å². The standard InChI is InChI=1S/C16H23ClN2O2/c1-2-3-13-10-14(17)4-5-16(13)21-12-15(20)11-19-8-6-18-7-9-19/h2,4-5,10,15,18,20H,1,3,6-9,11-12H2. The maximum Gasteiger partial charge on any atom is 0.123 e. The maximum atomic E-state index is 10.1. The van der Waals surface area contributed by atoms with E-state index in [4.69, 9.17) is 16.3 Å². The van der Waals surface area contributed by atoms with Crippen molar-refractivity contribution in [3.05, 3.63) is 41.4 Å². The molecule has 116 valence electrons. The topological polar surface area (TPSA) is 44.7 Å². The van der Waals surface area contributed by atoms with Crippen LogP contribution in [0.25, 0.3) is 0 Å². The average Bonchev–Trinajstić information content (AvgIpc) is 2.48. The summed E-state index contributed by atoms with van der Waals surface area (Å²) in [6.45, 7) is 8.58. The van der Waals surface area contributed by atoms with Gasteiger partial charge in [-0.1, -0.05) is 17.7 Å². The van der Waals surface area contributed by atoms with Gasteiger partial charge in [-0.3, -0.25) is 4.90 Å². The van der Waals surface area contributed by atoms with Crippen LogP contribution in [0.5, 0.6) is 5.75 Å². The molecule has 21 heavy (non-hydrogen) atoms. The first kappa shape index (κ1) is 16.3. The number of benzene rings is 1. The van der Waals surface area contributed by atoms with Crippen LogP contribution in [-0.2, 0) is 6.42 Å². The van der Waals surface area contributed by atoms with Crippen molar-refractivity contribution in [2.45, 2.75) is 12.5 Å². The molecule has 4 nitrogen and oxygen atoms in total. The summed E-state index contributed by atoms with van der Waals surface area (Å²) in [7, 11) is 0. The lowest BCUT2D eigenvalue weighted by atomic mass is 10.1. The summed E-state index contributed by atoms with van der Waals surface area (Å²) < 4.78 is 5.75.